The number of rotatable bonds is 5. The maximum absolute atomic E-state index is 11.3. The second-order valence-electron chi connectivity index (χ2n) is 4.20. The van der Waals surface area contributed by atoms with Crippen LogP contribution in [0.15, 0.2) is 35.1 Å². The lowest BCUT2D eigenvalue weighted by Crippen LogP contribution is -2.13. The maximum Gasteiger partial charge on any atom is 0.252 e. The number of nitrogens with one attached hydrogen (secondary N) is 2. The minimum atomic E-state index is -0.146. The quantitative estimate of drug-likeness (QED) is 0.858. The number of ether oxygens (including phenoxy) is 1. The summed E-state index contributed by atoms with van der Waals surface area (Å²) in [6.45, 7) is 2.45. The van der Waals surface area contributed by atoms with Crippen molar-refractivity contribution in [2.24, 2.45) is 0 Å². The third-order valence-corrected chi connectivity index (χ3v) is 2.75. The third kappa shape index (κ3) is 3.58. The zero-order valence-electron chi connectivity index (χ0n) is 11.1. The molecule has 1 heterocycles. The zero-order chi connectivity index (χ0) is 13.7. The van der Waals surface area contributed by atoms with Crippen molar-refractivity contribution < 1.29 is 4.74 Å². The second kappa shape index (κ2) is 6.04. The first-order chi connectivity index (χ1) is 9.19. The Labute approximate surface area is 111 Å². The molecule has 2 N–H and O–H groups in total. The van der Waals surface area contributed by atoms with Crippen LogP contribution in [0.3, 0.4) is 0 Å². The Balaban J connectivity index is 1.98. The molecule has 0 amide bonds. The summed E-state index contributed by atoms with van der Waals surface area (Å²) >= 11 is 0. The SMILES string of the molecule is COc1ccccc1CCNc1cc(=O)[nH]c(C)n1. The van der Waals surface area contributed by atoms with Gasteiger partial charge in [-0.15, -0.1) is 0 Å². The Morgan fingerprint density at radius 3 is 2.89 bits per heavy atom. The molecular formula is C14H17N3O2. The topological polar surface area (TPSA) is 67.0 Å². The van der Waals surface area contributed by atoms with E-state index in [9.17, 15) is 4.79 Å². The summed E-state index contributed by atoms with van der Waals surface area (Å²) in [7, 11) is 1.66. The molecule has 0 spiro atoms. The van der Waals surface area contributed by atoms with Crippen LogP contribution >= 0.6 is 0 Å². The molecule has 0 saturated heterocycles. The van der Waals surface area contributed by atoms with Crippen LogP contribution in [0.25, 0.3) is 0 Å². The van der Waals surface area contributed by atoms with Gasteiger partial charge in [-0.05, 0) is 25.0 Å². The summed E-state index contributed by atoms with van der Waals surface area (Å²) < 4.78 is 5.29. The molecule has 1 aromatic heterocycles. The Morgan fingerprint density at radius 1 is 1.37 bits per heavy atom. The van der Waals surface area contributed by atoms with Crippen LogP contribution in [0.5, 0.6) is 5.75 Å². The van der Waals surface area contributed by atoms with Crippen LogP contribution in [0.2, 0.25) is 0 Å². The summed E-state index contributed by atoms with van der Waals surface area (Å²) in [5.41, 5.74) is 0.978. The van der Waals surface area contributed by atoms with E-state index >= 15 is 0 Å². The van der Waals surface area contributed by atoms with Crippen molar-refractivity contribution in [2.45, 2.75) is 13.3 Å². The van der Waals surface area contributed by atoms with Crippen molar-refractivity contribution in [2.75, 3.05) is 19.0 Å². The van der Waals surface area contributed by atoms with E-state index in [4.69, 9.17) is 4.74 Å². The first kappa shape index (κ1) is 13.1. The number of aromatic amines is 1. The van der Waals surface area contributed by atoms with Crippen LogP contribution in [-0.4, -0.2) is 23.6 Å². The predicted octanol–water partition coefficient (Wildman–Crippen LogP) is 1.74. The van der Waals surface area contributed by atoms with E-state index in [1.54, 1.807) is 14.0 Å². The lowest BCUT2D eigenvalue weighted by molar-refractivity contribution is 0.410. The molecule has 5 heteroatoms. The molecule has 0 aliphatic heterocycles. The molecule has 0 unspecified atom stereocenters. The number of hydrogen-bond donors (Lipinski definition) is 2. The van der Waals surface area contributed by atoms with Crippen molar-refractivity contribution >= 4 is 5.82 Å². The minimum absolute atomic E-state index is 0.146. The summed E-state index contributed by atoms with van der Waals surface area (Å²) in [5.74, 6) is 2.07. The maximum atomic E-state index is 11.3. The molecule has 0 aliphatic rings. The summed E-state index contributed by atoms with van der Waals surface area (Å²) in [4.78, 5) is 18.1. The van der Waals surface area contributed by atoms with Gasteiger partial charge in [0.05, 0.1) is 7.11 Å². The van der Waals surface area contributed by atoms with Crippen LogP contribution in [0, 0.1) is 6.92 Å². The lowest BCUT2D eigenvalue weighted by atomic mass is 10.1. The molecule has 0 bridgehead atoms. The molecule has 0 atom stereocenters. The highest BCUT2D eigenvalue weighted by Crippen LogP contribution is 2.17. The minimum Gasteiger partial charge on any atom is -0.496 e. The van der Waals surface area contributed by atoms with Crippen LogP contribution in [0.1, 0.15) is 11.4 Å². The van der Waals surface area contributed by atoms with Crippen molar-refractivity contribution in [1.82, 2.24) is 9.97 Å². The number of aryl methyl sites for hydroxylation is 1. The predicted molar refractivity (Wildman–Crippen MR) is 74.8 cm³/mol. The van der Waals surface area contributed by atoms with Gasteiger partial charge in [0.2, 0.25) is 0 Å². The van der Waals surface area contributed by atoms with E-state index < -0.39 is 0 Å². The number of anilines is 1. The molecule has 0 radical (unpaired) electrons. The van der Waals surface area contributed by atoms with E-state index in [0.717, 1.165) is 17.7 Å². The standard InChI is InChI=1S/C14H17N3O2/c1-10-16-13(9-14(18)17-10)15-8-7-11-5-3-4-6-12(11)19-2/h3-6,9H,7-8H2,1-2H3,(H2,15,16,17,18). The van der Waals surface area contributed by atoms with Gasteiger partial charge in [-0.3, -0.25) is 4.79 Å². The second-order valence-corrected chi connectivity index (χ2v) is 4.20. The number of benzene rings is 1. The van der Waals surface area contributed by atoms with Gasteiger partial charge in [-0.25, -0.2) is 4.98 Å². The van der Waals surface area contributed by atoms with Gasteiger partial charge in [-0.2, -0.15) is 0 Å². The average Bonchev–Trinajstić information content (AvgIpc) is 2.38. The molecule has 100 valence electrons. The van der Waals surface area contributed by atoms with Crippen molar-refractivity contribution in [3.8, 4) is 5.75 Å². The highest BCUT2D eigenvalue weighted by molar-refractivity contribution is 5.36. The number of hydrogen-bond acceptors (Lipinski definition) is 4. The first-order valence-corrected chi connectivity index (χ1v) is 6.13. The fourth-order valence-electron chi connectivity index (χ4n) is 1.90. The third-order valence-electron chi connectivity index (χ3n) is 2.75. The summed E-state index contributed by atoms with van der Waals surface area (Å²) in [6, 6.07) is 9.34. The number of aromatic nitrogens is 2. The van der Waals surface area contributed by atoms with Gasteiger partial charge in [0, 0.05) is 12.6 Å². The van der Waals surface area contributed by atoms with Gasteiger partial charge < -0.3 is 15.0 Å². The van der Waals surface area contributed by atoms with Gasteiger partial charge >= 0.3 is 0 Å². The highest BCUT2D eigenvalue weighted by Gasteiger charge is 2.02. The number of H-pyrrole nitrogens is 1. The average molecular weight is 259 g/mol. The van der Waals surface area contributed by atoms with E-state index in [2.05, 4.69) is 15.3 Å². The molecule has 0 aliphatic carbocycles. The Bertz CT molecular complexity index is 608. The summed E-state index contributed by atoms with van der Waals surface area (Å²) in [5, 5.41) is 3.14. The van der Waals surface area contributed by atoms with Gasteiger partial charge in [-0.1, -0.05) is 18.2 Å². The van der Waals surface area contributed by atoms with Crippen molar-refractivity contribution in [1.29, 1.82) is 0 Å². The van der Waals surface area contributed by atoms with Gasteiger partial charge in [0.1, 0.15) is 17.4 Å². The van der Waals surface area contributed by atoms with Crippen LogP contribution in [-0.2, 0) is 6.42 Å². The normalized spacial score (nSPS) is 10.2. The monoisotopic (exact) mass is 259 g/mol. The zero-order valence-corrected chi connectivity index (χ0v) is 11.1. The van der Waals surface area contributed by atoms with Gasteiger partial charge in [0.25, 0.3) is 5.56 Å². The largest absolute Gasteiger partial charge is 0.496 e. The molecule has 19 heavy (non-hydrogen) atoms. The molecule has 5 nitrogen and oxygen atoms in total. The lowest BCUT2D eigenvalue weighted by Gasteiger charge is -2.09. The Hall–Kier alpha value is -2.30. The molecule has 0 fully saturated rings. The number of para-hydroxylation sites is 1. The number of nitrogens with zero attached hydrogens (tertiary/aromatic N) is 1. The first-order valence-electron chi connectivity index (χ1n) is 6.13. The van der Waals surface area contributed by atoms with Crippen LogP contribution < -0.4 is 15.6 Å². The fraction of sp³-hybridized carbons (Fsp3) is 0.286. The highest BCUT2D eigenvalue weighted by atomic mass is 16.5. The summed E-state index contributed by atoms with van der Waals surface area (Å²) in [6.07, 6.45) is 0.803. The molecule has 1 aromatic carbocycles. The fourth-order valence-corrected chi connectivity index (χ4v) is 1.90. The van der Waals surface area contributed by atoms with Crippen molar-refractivity contribution in [3.63, 3.8) is 0 Å². The van der Waals surface area contributed by atoms with Gasteiger partial charge in [0.15, 0.2) is 0 Å². The Morgan fingerprint density at radius 2 is 2.16 bits per heavy atom. The smallest absolute Gasteiger partial charge is 0.252 e. The molecule has 0 saturated carbocycles. The van der Waals surface area contributed by atoms with E-state index in [1.807, 2.05) is 24.3 Å². The molecular weight excluding hydrogens is 242 g/mol. The van der Waals surface area contributed by atoms with E-state index in [0.29, 0.717) is 18.2 Å². The van der Waals surface area contributed by atoms with Crippen molar-refractivity contribution in [3.05, 3.63) is 52.1 Å². The molecule has 2 aromatic rings. The van der Waals surface area contributed by atoms with E-state index in [1.165, 1.54) is 6.07 Å². The van der Waals surface area contributed by atoms with Crippen LogP contribution in [0.4, 0.5) is 5.82 Å². The number of methoxy groups -OCH3 is 1. The van der Waals surface area contributed by atoms with E-state index in [-0.39, 0.29) is 5.56 Å². The Kier molecular flexibility index (Phi) is 4.18. The molecule has 2 rings (SSSR count).